The van der Waals surface area contributed by atoms with Crippen LogP contribution in [0.15, 0.2) is 78.9 Å². The van der Waals surface area contributed by atoms with Crippen LogP contribution in [0.2, 0.25) is 0 Å². The zero-order valence-electron chi connectivity index (χ0n) is 15.3. The van der Waals surface area contributed by atoms with E-state index in [0.717, 1.165) is 11.3 Å². The first-order valence-electron chi connectivity index (χ1n) is 8.69. The number of carbonyl (C=O) groups is 2. The summed E-state index contributed by atoms with van der Waals surface area (Å²) in [6.07, 6.45) is -0.527. The van der Waals surface area contributed by atoms with E-state index >= 15 is 0 Å². The van der Waals surface area contributed by atoms with E-state index in [1.54, 1.807) is 36.4 Å². The molecule has 28 heavy (non-hydrogen) atoms. The molecule has 0 saturated carbocycles. The standard InChI is InChI=1S/C22H20N2O4/c1-27-22(26)24-18-11-7-16(8-12-18)15-23-21(25)17-9-13-20(14-10-17)28-19-5-3-2-4-6-19/h2-14H,15H2,1H3,(H,23,25)(H,24,26). The lowest BCUT2D eigenvalue weighted by Gasteiger charge is -2.09. The van der Waals surface area contributed by atoms with Gasteiger partial charge in [0, 0.05) is 17.8 Å². The van der Waals surface area contributed by atoms with Crippen LogP contribution in [0, 0.1) is 0 Å². The smallest absolute Gasteiger partial charge is 0.411 e. The van der Waals surface area contributed by atoms with Gasteiger partial charge >= 0.3 is 6.09 Å². The second-order valence-electron chi connectivity index (χ2n) is 5.94. The molecule has 0 aliphatic rings. The summed E-state index contributed by atoms with van der Waals surface area (Å²) in [6.45, 7) is 0.375. The fourth-order valence-electron chi connectivity index (χ4n) is 2.46. The second kappa shape index (κ2) is 9.23. The average Bonchev–Trinajstić information content (AvgIpc) is 2.74. The number of amides is 2. The maximum Gasteiger partial charge on any atom is 0.411 e. The van der Waals surface area contributed by atoms with Gasteiger partial charge < -0.3 is 14.8 Å². The van der Waals surface area contributed by atoms with Crippen molar-refractivity contribution < 1.29 is 19.1 Å². The monoisotopic (exact) mass is 376 g/mol. The number of hydrogen-bond donors (Lipinski definition) is 2. The van der Waals surface area contributed by atoms with Crippen LogP contribution in [0.1, 0.15) is 15.9 Å². The summed E-state index contributed by atoms with van der Waals surface area (Å²) < 4.78 is 10.3. The summed E-state index contributed by atoms with van der Waals surface area (Å²) in [6, 6.07) is 23.5. The fourth-order valence-corrected chi connectivity index (χ4v) is 2.46. The average molecular weight is 376 g/mol. The topological polar surface area (TPSA) is 76.7 Å². The van der Waals surface area contributed by atoms with E-state index in [-0.39, 0.29) is 5.91 Å². The second-order valence-corrected chi connectivity index (χ2v) is 5.94. The molecule has 2 amide bonds. The Hall–Kier alpha value is -3.80. The Kier molecular flexibility index (Phi) is 6.25. The van der Waals surface area contributed by atoms with Gasteiger partial charge in [-0.25, -0.2) is 4.79 Å². The SMILES string of the molecule is COC(=O)Nc1ccc(CNC(=O)c2ccc(Oc3ccccc3)cc2)cc1. The number of nitrogens with one attached hydrogen (secondary N) is 2. The molecule has 0 unspecified atom stereocenters. The first-order chi connectivity index (χ1) is 13.6. The van der Waals surface area contributed by atoms with Gasteiger partial charge in [-0.3, -0.25) is 10.1 Å². The van der Waals surface area contributed by atoms with Gasteiger partial charge in [-0.15, -0.1) is 0 Å². The lowest BCUT2D eigenvalue weighted by molar-refractivity contribution is 0.0951. The van der Waals surface area contributed by atoms with Crippen molar-refractivity contribution in [1.29, 1.82) is 0 Å². The van der Waals surface area contributed by atoms with E-state index in [0.29, 0.717) is 23.5 Å². The van der Waals surface area contributed by atoms with Crippen LogP contribution in [0.25, 0.3) is 0 Å². The maximum atomic E-state index is 12.3. The third-order valence-electron chi connectivity index (χ3n) is 3.93. The number of para-hydroxylation sites is 1. The van der Waals surface area contributed by atoms with Crippen molar-refractivity contribution in [2.45, 2.75) is 6.54 Å². The highest BCUT2D eigenvalue weighted by Gasteiger charge is 2.06. The summed E-state index contributed by atoms with van der Waals surface area (Å²) >= 11 is 0. The van der Waals surface area contributed by atoms with Crippen molar-refractivity contribution in [1.82, 2.24) is 5.32 Å². The van der Waals surface area contributed by atoms with Crippen molar-refractivity contribution in [3.05, 3.63) is 90.0 Å². The Labute approximate surface area is 163 Å². The first kappa shape index (κ1) is 19.0. The normalized spacial score (nSPS) is 10.0. The molecule has 3 aromatic carbocycles. The van der Waals surface area contributed by atoms with Gasteiger partial charge in [0.25, 0.3) is 5.91 Å². The number of rotatable bonds is 6. The Morgan fingerprint density at radius 1 is 0.821 bits per heavy atom. The van der Waals surface area contributed by atoms with Crippen molar-refractivity contribution in [3.63, 3.8) is 0 Å². The predicted octanol–water partition coefficient (Wildman–Crippen LogP) is 4.59. The van der Waals surface area contributed by atoms with Crippen LogP contribution in [0.3, 0.4) is 0 Å². The highest BCUT2D eigenvalue weighted by molar-refractivity contribution is 5.94. The molecule has 6 nitrogen and oxygen atoms in total. The van der Waals surface area contributed by atoms with E-state index in [9.17, 15) is 9.59 Å². The first-order valence-corrected chi connectivity index (χ1v) is 8.69. The van der Waals surface area contributed by atoms with Gasteiger partial charge in [-0.2, -0.15) is 0 Å². The van der Waals surface area contributed by atoms with E-state index in [4.69, 9.17) is 4.74 Å². The Morgan fingerprint density at radius 2 is 1.46 bits per heavy atom. The zero-order chi connectivity index (χ0) is 19.8. The Balaban J connectivity index is 1.52. The number of carbonyl (C=O) groups excluding carboxylic acids is 2. The van der Waals surface area contributed by atoms with Crippen molar-refractivity contribution in [2.75, 3.05) is 12.4 Å². The van der Waals surface area contributed by atoms with Gasteiger partial charge in [-0.05, 0) is 54.1 Å². The third-order valence-corrected chi connectivity index (χ3v) is 3.93. The molecule has 2 N–H and O–H groups in total. The quantitative estimate of drug-likeness (QED) is 0.660. The highest BCUT2D eigenvalue weighted by Crippen LogP contribution is 2.21. The van der Waals surface area contributed by atoms with E-state index in [1.165, 1.54) is 7.11 Å². The Bertz CT molecular complexity index is 923. The fraction of sp³-hybridized carbons (Fsp3) is 0.0909. The molecule has 0 radical (unpaired) electrons. The lowest BCUT2D eigenvalue weighted by Crippen LogP contribution is -2.22. The van der Waals surface area contributed by atoms with E-state index in [1.807, 2.05) is 42.5 Å². The third kappa shape index (κ3) is 5.35. The molecule has 0 atom stereocenters. The zero-order valence-corrected chi connectivity index (χ0v) is 15.3. The number of hydrogen-bond acceptors (Lipinski definition) is 4. The van der Waals surface area contributed by atoms with Crippen molar-refractivity contribution in [3.8, 4) is 11.5 Å². The van der Waals surface area contributed by atoms with Gasteiger partial charge in [0.1, 0.15) is 11.5 Å². The molecule has 0 saturated heterocycles. The van der Waals surface area contributed by atoms with Gasteiger partial charge in [0.2, 0.25) is 0 Å². The summed E-state index contributed by atoms with van der Waals surface area (Å²) in [5.41, 5.74) is 2.08. The molecular formula is C22H20N2O4. The molecule has 0 spiro atoms. The van der Waals surface area contributed by atoms with Crippen molar-refractivity contribution in [2.24, 2.45) is 0 Å². The van der Waals surface area contributed by atoms with Crippen LogP contribution < -0.4 is 15.4 Å². The van der Waals surface area contributed by atoms with E-state index < -0.39 is 6.09 Å². The largest absolute Gasteiger partial charge is 0.457 e. The van der Waals surface area contributed by atoms with Crippen LogP contribution in [0.4, 0.5) is 10.5 Å². The number of anilines is 1. The molecule has 0 aromatic heterocycles. The van der Waals surface area contributed by atoms with Gasteiger partial charge in [0.15, 0.2) is 0 Å². The predicted molar refractivity (Wildman–Crippen MR) is 107 cm³/mol. The maximum absolute atomic E-state index is 12.3. The Morgan fingerprint density at radius 3 is 2.11 bits per heavy atom. The molecule has 0 aliphatic heterocycles. The molecule has 0 bridgehead atoms. The molecule has 142 valence electrons. The minimum absolute atomic E-state index is 0.178. The number of ether oxygens (including phenoxy) is 2. The summed E-state index contributed by atoms with van der Waals surface area (Å²) in [5.74, 6) is 1.23. The summed E-state index contributed by atoms with van der Waals surface area (Å²) in [7, 11) is 1.31. The molecule has 0 heterocycles. The molecule has 0 fully saturated rings. The van der Waals surface area contributed by atoms with E-state index in [2.05, 4.69) is 15.4 Å². The van der Waals surface area contributed by atoms with Gasteiger partial charge in [-0.1, -0.05) is 30.3 Å². The molecular weight excluding hydrogens is 356 g/mol. The van der Waals surface area contributed by atoms with Crippen LogP contribution >= 0.6 is 0 Å². The molecule has 3 aromatic rings. The van der Waals surface area contributed by atoms with Crippen molar-refractivity contribution >= 4 is 17.7 Å². The minimum atomic E-state index is -0.527. The molecule has 6 heteroatoms. The highest BCUT2D eigenvalue weighted by atomic mass is 16.5. The van der Waals surface area contributed by atoms with Crippen LogP contribution in [-0.2, 0) is 11.3 Å². The summed E-state index contributed by atoms with van der Waals surface area (Å²) in [5, 5.41) is 5.44. The van der Waals surface area contributed by atoms with Crippen LogP contribution in [0.5, 0.6) is 11.5 Å². The van der Waals surface area contributed by atoms with Crippen LogP contribution in [-0.4, -0.2) is 19.1 Å². The van der Waals surface area contributed by atoms with Gasteiger partial charge in [0.05, 0.1) is 7.11 Å². The lowest BCUT2D eigenvalue weighted by atomic mass is 10.1. The number of benzene rings is 3. The molecule has 0 aliphatic carbocycles. The molecule has 3 rings (SSSR count). The number of methoxy groups -OCH3 is 1. The minimum Gasteiger partial charge on any atom is -0.457 e. The summed E-state index contributed by atoms with van der Waals surface area (Å²) in [4.78, 5) is 23.5.